The van der Waals surface area contributed by atoms with E-state index >= 15 is 0 Å². The van der Waals surface area contributed by atoms with Gasteiger partial charge in [-0.05, 0) is 39.7 Å². The maximum atomic E-state index is 11.9. The van der Waals surface area contributed by atoms with Gasteiger partial charge in [-0.15, -0.1) is 0 Å². The van der Waals surface area contributed by atoms with Crippen LogP contribution in [0.3, 0.4) is 0 Å². The van der Waals surface area contributed by atoms with Gasteiger partial charge in [-0.3, -0.25) is 0 Å². The largest absolute Gasteiger partial charge is 0.457 e. The first-order chi connectivity index (χ1) is 9.06. The van der Waals surface area contributed by atoms with Crippen LogP contribution < -0.4 is 0 Å². The maximum Gasteiger partial charge on any atom is 0.341 e. The highest BCUT2D eigenvalue weighted by Gasteiger charge is 2.13. The second-order valence-electron chi connectivity index (χ2n) is 3.69. The standard InChI is InChI=1S/C13H8BrCl2NO2/c14-9-5-11(12(16)17-6-9)13(18)19-7-8-1-3-10(15)4-2-8/h1-6H,7H2. The molecule has 0 saturated heterocycles. The third kappa shape index (κ3) is 3.93. The third-order valence-corrected chi connectivity index (χ3v) is 3.30. The van der Waals surface area contributed by atoms with Crippen LogP contribution in [0.4, 0.5) is 0 Å². The predicted octanol–water partition coefficient (Wildman–Crippen LogP) is 4.51. The van der Waals surface area contributed by atoms with Crippen molar-refractivity contribution in [3.05, 3.63) is 62.3 Å². The lowest BCUT2D eigenvalue weighted by Crippen LogP contribution is -2.06. The Bertz CT molecular complexity index is 602. The van der Waals surface area contributed by atoms with Crippen LogP contribution in [0.25, 0.3) is 0 Å². The number of pyridine rings is 1. The Morgan fingerprint density at radius 1 is 1.26 bits per heavy atom. The van der Waals surface area contributed by atoms with Gasteiger partial charge in [-0.2, -0.15) is 0 Å². The molecule has 0 radical (unpaired) electrons. The zero-order chi connectivity index (χ0) is 13.8. The molecular formula is C13H8BrCl2NO2. The van der Waals surface area contributed by atoms with Crippen molar-refractivity contribution in [2.75, 3.05) is 0 Å². The number of nitrogens with zero attached hydrogens (tertiary/aromatic N) is 1. The number of esters is 1. The average molecular weight is 361 g/mol. The first-order valence-electron chi connectivity index (χ1n) is 5.29. The molecule has 0 N–H and O–H groups in total. The van der Waals surface area contributed by atoms with Crippen LogP contribution in [-0.4, -0.2) is 11.0 Å². The fourth-order valence-corrected chi connectivity index (χ4v) is 2.01. The van der Waals surface area contributed by atoms with E-state index < -0.39 is 5.97 Å². The second-order valence-corrected chi connectivity index (χ2v) is 5.40. The van der Waals surface area contributed by atoms with E-state index in [0.29, 0.717) is 9.50 Å². The number of ether oxygens (including phenoxy) is 1. The molecule has 6 heteroatoms. The van der Waals surface area contributed by atoms with Crippen molar-refractivity contribution in [2.45, 2.75) is 6.61 Å². The summed E-state index contributed by atoms with van der Waals surface area (Å²) in [4.78, 5) is 15.7. The molecule has 0 spiro atoms. The summed E-state index contributed by atoms with van der Waals surface area (Å²) < 4.78 is 5.82. The van der Waals surface area contributed by atoms with Gasteiger partial charge in [0.2, 0.25) is 0 Å². The second kappa shape index (κ2) is 6.37. The molecule has 19 heavy (non-hydrogen) atoms. The summed E-state index contributed by atoms with van der Waals surface area (Å²) in [5.41, 5.74) is 1.07. The molecule has 0 fully saturated rings. The van der Waals surface area contributed by atoms with Gasteiger partial charge >= 0.3 is 5.97 Å². The van der Waals surface area contributed by atoms with Crippen molar-refractivity contribution in [1.29, 1.82) is 0 Å². The number of rotatable bonds is 3. The summed E-state index contributed by atoms with van der Waals surface area (Å²) in [6.45, 7) is 0.152. The van der Waals surface area contributed by atoms with Crippen molar-refractivity contribution >= 4 is 45.1 Å². The van der Waals surface area contributed by atoms with Crippen LogP contribution in [0.1, 0.15) is 15.9 Å². The highest BCUT2D eigenvalue weighted by molar-refractivity contribution is 9.10. The summed E-state index contributed by atoms with van der Waals surface area (Å²) >= 11 is 14.8. The van der Waals surface area contributed by atoms with Crippen molar-refractivity contribution in [2.24, 2.45) is 0 Å². The lowest BCUT2D eigenvalue weighted by atomic mass is 10.2. The Hall–Kier alpha value is -1.10. The number of benzene rings is 1. The number of halogens is 3. The lowest BCUT2D eigenvalue weighted by Gasteiger charge is -2.06. The molecule has 1 aromatic heterocycles. The monoisotopic (exact) mass is 359 g/mol. The van der Waals surface area contributed by atoms with Gasteiger partial charge in [0.25, 0.3) is 0 Å². The molecule has 0 unspecified atom stereocenters. The first kappa shape index (κ1) is 14.3. The van der Waals surface area contributed by atoms with Gasteiger partial charge in [0.05, 0.1) is 5.56 Å². The zero-order valence-electron chi connectivity index (χ0n) is 9.57. The van der Waals surface area contributed by atoms with Crippen LogP contribution in [0, 0.1) is 0 Å². The average Bonchev–Trinajstić information content (AvgIpc) is 2.40. The van der Waals surface area contributed by atoms with Crippen LogP contribution in [0.15, 0.2) is 41.0 Å². The minimum Gasteiger partial charge on any atom is -0.457 e. The summed E-state index contributed by atoms with van der Waals surface area (Å²) in [5.74, 6) is -0.520. The van der Waals surface area contributed by atoms with Crippen LogP contribution in [0.2, 0.25) is 10.2 Å². The SMILES string of the molecule is O=C(OCc1ccc(Cl)cc1)c1cc(Br)cnc1Cl. The summed E-state index contributed by atoms with van der Waals surface area (Å²) in [6, 6.07) is 8.61. The molecule has 0 bridgehead atoms. The van der Waals surface area contributed by atoms with Gasteiger partial charge in [-0.1, -0.05) is 35.3 Å². The van der Waals surface area contributed by atoms with Crippen molar-refractivity contribution in [1.82, 2.24) is 4.98 Å². The van der Waals surface area contributed by atoms with Crippen molar-refractivity contribution < 1.29 is 9.53 Å². The zero-order valence-corrected chi connectivity index (χ0v) is 12.7. The quantitative estimate of drug-likeness (QED) is 0.597. The van der Waals surface area contributed by atoms with E-state index in [1.54, 1.807) is 30.3 Å². The van der Waals surface area contributed by atoms with Gasteiger partial charge in [0.15, 0.2) is 0 Å². The molecule has 1 heterocycles. The Morgan fingerprint density at radius 3 is 2.63 bits per heavy atom. The van der Waals surface area contributed by atoms with E-state index in [4.69, 9.17) is 27.9 Å². The fraction of sp³-hybridized carbons (Fsp3) is 0.0769. The number of hydrogen-bond acceptors (Lipinski definition) is 3. The molecule has 0 amide bonds. The first-order valence-corrected chi connectivity index (χ1v) is 6.84. The molecule has 1 aromatic carbocycles. The van der Waals surface area contributed by atoms with E-state index in [2.05, 4.69) is 20.9 Å². The molecule has 0 aliphatic carbocycles. The molecular weight excluding hydrogens is 353 g/mol. The van der Waals surface area contributed by atoms with Crippen molar-refractivity contribution in [3.63, 3.8) is 0 Å². The van der Waals surface area contributed by atoms with E-state index in [1.165, 1.54) is 6.20 Å². The Morgan fingerprint density at radius 2 is 1.95 bits per heavy atom. The molecule has 3 nitrogen and oxygen atoms in total. The van der Waals surface area contributed by atoms with Gasteiger partial charge in [0, 0.05) is 15.7 Å². The van der Waals surface area contributed by atoms with Gasteiger partial charge in [0.1, 0.15) is 11.8 Å². The molecule has 98 valence electrons. The summed E-state index contributed by atoms with van der Waals surface area (Å²) in [6.07, 6.45) is 1.51. The Kier molecular flexibility index (Phi) is 4.80. The van der Waals surface area contributed by atoms with E-state index in [9.17, 15) is 4.79 Å². The molecule has 0 saturated carbocycles. The number of aromatic nitrogens is 1. The third-order valence-electron chi connectivity index (χ3n) is 2.31. The maximum absolute atomic E-state index is 11.9. The highest BCUT2D eigenvalue weighted by Crippen LogP contribution is 2.19. The lowest BCUT2D eigenvalue weighted by molar-refractivity contribution is 0.0472. The van der Waals surface area contributed by atoms with Crippen LogP contribution in [-0.2, 0) is 11.3 Å². The van der Waals surface area contributed by atoms with E-state index in [-0.39, 0.29) is 17.3 Å². The number of hydrogen-bond donors (Lipinski definition) is 0. The molecule has 0 aliphatic heterocycles. The van der Waals surface area contributed by atoms with Crippen molar-refractivity contribution in [3.8, 4) is 0 Å². The topological polar surface area (TPSA) is 39.2 Å². The molecule has 0 atom stereocenters. The Labute approximate surface area is 128 Å². The van der Waals surface area contributed by atoms with Gasteiger partial charge < -0.3 is 4.74 Å². The fourth-order valence-electron chi connectivity index (χ4n) is 1.37. The molecule has 0 aliphatic rings. The Balaban J connectivity index is 2.05. The predicted molar refractivity (Wildman–Crippen MR) is 77.5 cm³/mol. The smallest absolute Gasteiger partial charge is 0.341 e. The molecule has 2 rings (SSSR count). The minimum absolute atomic E-state index is 0.115. The summed E-state index contributed by atoms with van der Waals surface area (Å²) in [5, 5.41) is 0.749. The molecule has 2 aromatic rings. The van der Waals surface area contributed by atoms with Crippen LogP contribution in [0.5, 0.6) is 0 Å². The minimum atomic E-state index is -0.520. The van der Waals surface area contributed by atoms with E-state index in [0.717, 1.165) is 5.56 Å². The highest BCUT2D eigenvalue weighted by atomic mass is 79.9. The summed E-state index contributed by atoms with van der Waals surface area (Å²) in [7, 11) is 0. The number of carbonyl (C=O) groups excluding carboxylic acids is 1. The van der Waals surface area contributed by atoms with E-state index in [1.807, 2.05) is 0 Å². The normalized spacial score (nSPS) is 10.3. The van der Waals surface area contributed by atoms with Gasteiger partial charge in [-0.25, -0.2) is 9.78 Å². The number of carbonyl (C=O) groups is 1. The van der Waals surface area contributed by atoms with Crippen LogP contribution >= 0.6 is 39.1 Å².